The third-order valence-corrected chi connectivity index (χ3v) is 1.88. The number of rotatable bonds is 4. The zero-order valence-electron chi connectivity index (χ0n) is 8.67. The minimum Gasteiger partial charge on any atom is -0.218 e. The van der Waals surface area contributed by atoms with Gasteiger partial charge in [-0.2, -0.15) is 0 Å². The molecule has 0 aliphatic heterocycles. The molecule has 0 fully saturated rings. The molecule has 3 heteroatoms. The molecule has 72 valence electrons. The maximum atomic E-state index is 4.37. The lowest BCUT2D eigenvalue weighted by molar-refractivity contribution is 0.743. The fourth-order valence-electron chi connectivity index (χ4n) is 1.17. The summed E-state index contributed by atoms with van der Waals surface area (Å²) in [6.45, 7) is 6.29. The van der Waals surface area contributed by atoms with Crippen molar-refractivity contribution in [3.63, 3.8) is 0 Å². The summed E-state index contributed by atoms with van der Waals surface area (Å²) in [6.07, 6.45) is 3.84. The summed E-state index contributed by atoms with van der Waals surface area (Å²) >= 11 is 0. The second-order valence-corrected chi connectivity index (χ2v) is 3.04. The van der Waals surface area contributed by atoms with E-state index in [1.165, 1.54) is 0 Å². The average Bonchev–Trinajstić information content (AvgIpc) is 2.17. The smallest absolute Gasteiger partial charge is 0.132 e. The van der Waals surface area contributed by atoms with Crippen molar-refractivity contribution in [2.24, 2.45) is 0 Å². The van der Waals surface area contributed by atoms with Crippen molar-refractivity contribution < 1.29 is 0 Å². The van der Waals surface area contributed by atoms with Crippen LogP contribution in [0.15, 0.2) is 0 Å². The van der Waals surface area contributed by atoms with Crippen LogP contribution in [0.5, 0.6) is 0 Å². The van der Waals surface area contributed by atoms with E-state index < -0.39 is 0 Å². The highest BCUT2D eigenvalue weighted by Gasteiger charge is 2.02. The van der Waals surface area contributed by atoms with E-state index in [0.717, 1.165) is 43.2 Å². The molecule has 0 unspecified atom stereocenters. The van der Waals surface area contributed by atoms with Gasteiger partial charge in [0.15, 0.2) is 0 Å². The number of nitrogens with zero attached hydrogens (tertiary/aromatic N) is 3. The molecule has 0 saturated carbocycles. The third-order valence-electron chi connectivity index (χ3n) is 1.88. The van der Waals surface area contributed by atoms with Gasteiger partial charge >= 0.3 is 0 Å². The Kier molecular flexibility index (Phi) is 3.80. The standard InChI is InChI=1S/C10H17N3/c1-4-7-10-12-8(5-2)11-9(6-3)13-10/h4-7H2,1-3H3. The topological polar surface area (TPSA) is 38.7 Å². The summed E-state index contributed by atoms with van der Waals surface area (Å²) < 4.78 is 0. The van der Waals surface area contributed by atoms with Crippen LogP contribution in [0.1, 0.15) is 44.7 Å². The van der Waals surface area contributed by atoms with Crippen LogP contribution >= 0.6 is 0 Å². The molecule has 0 atom stereocenters. The molecular formula is C10H17N3. The van der Waals surface area contributed by atoms with Gasteiger partial charge in [-0.1, -0.05) is 20.8 Å². The Morgan fingerprint density at radius 3 is 1.62 bits per heavy atom. The maximum Gasteiger partial charge on any atom is 0.132 e. The molecule has 1 aromatic heterocycles. The fraction of sp³-hybridized carbons (Fsp3) is 0.700. The molecule has 0 aromatic carbocycles. The summed E-state index contributed by atoms with van der Waals surface area (Å²) in [6, 6.07) is 0. The zero-order valence-corrected chi connectivity index (χ0v) is 8.67. The van der Waals surface area contributed by atoms with Crippen molar-refractivity contribution in [1.82, 2.24) is 15.0 Å². The minimum absolute atomic E-state index is 0.895. The van der Waals surface area contributed by atoms with Crippen LogP contribution in [0.2, 0.25) is 0 Å². The molecule has 1 rings (SSSR count). The minimum atomic E-state index is 0.895. The van der Waals surface area contributed by atoms with Gasteiger partial charge in [0.1, 0.15) is 17.5 Å². The van der Waals surface area contributed by atoms with E-state index in [-0.39, 0.29) is 0 Å². The summed E-state index contributed by atoms with van der Waals surface area (Å²) in [7, 11) is 0. The lowest BCUT2D eigenvalue weighted by Crippen LogP contribution is -2.06. The van der Waals surface area contributed by atoms with Gasteiger partial charge in [-0.3, -0.25) is 0 Å². The van der Waals surface area contributed by atoms with E-state index in [1.54, 1.807) is 0 Å². The second-order valence-electron chi connectivity index (χ2n) is 3.04. The predicted octanol–water partition coefficient (Wildman–Crippen LogP) is 1.95. The Morgan fingerprint density at radius 1 is 0.769 bits per heavy atom. The molecule has 0 N–H and O–H groups in total. The van der Waals surface area contributed by atoms with Gasteiger partial charge in [-0.05, 0) is 6.42 Å². The molecule has 0 aliphatic carbocycles. The van der Waals surface area contributed by atoms with Crippen LogP contribution in [-0.4, -0.2) is 15.0 Å². The number of hydrogen-bond acceptors (Lipinski definition) is 3. The van der Waals surface area contributed by atoms with Crippen LogP contribution in [-0.2, 0) is 19.3 Å². The van der Waals surface area contributed by atoms with E-state index in [4.69, 9.17) is 0 Å². The number of aromatic nitrogens is 3. The van der Waals surface area contributed by atoms with Gasteiger partial charge in [0.25, 0.3) is 0 Å². The van der Waals surface area contributed by atoms with Crippen molar-refractivity contribution in [1.29, 1.82) is 0 Å². The van der Waals surface area contributed by atoms with Crippen LogP contribution in [0.4, 0.5) is 0 Å². The first-order valence-corrected chi connectivity index (χ1v) is 5.02. The van der Waals surface area contributed by atoms with Crippen molar-refractivity contribution in [2.75, 3.05) is 0 Å². The van der Waals surface area contributed by atoms with E-state index in [0.29, 0.717) is 0 Å². The molecule has 0 bridgehead atoms. The summed E-state index contributed by atoms with van der Waals surface area (Å²) in [5.41, 5.74) is 0. The van der Waals surface area contributed by atoms with Crippen molar-refractivity contribution in [3.05, 3.63) is 17.5 Å². The van der Waals surface area contributed by atoms with E-state index >= 15 is 0 Å². The van der Waals surface area contributed by atoms with E-state index in [1.807, 2.05) is 0 Å². The largest absolute Gasteiger partial charge is 0.218 e. The molecule has 1 heterocycles. The molecule has 3 nitrogen and oxygen atoms in total. The van der Waals surface area contributed by atoms with E-state index in [2.05, 4.69) is 35.7 Å². The van der Waals surface area contributed by atoms with Crippen LogP contribution < -0.4 is 0 Å². The molecule has 1 aromatic rings. The Hall–Kier alpha value is -0.990. The van der Waals surface area contributed by atoms with Crippen molar-refractivity contribution >= 4 is 0 Å². The van der Waals surface area contributed by atoms with Crippen molar-refractivity contribution in [2.45, 2.75) is 46.5 Å². The summed E-state index contributed by atoms with van der Waals surface area (Å²) in [5, 5.41) is 0. The SMILES string of the molecule is CCCc1nc(CC)nc(CC)n1. The average molecular weight is 179 g/mol. The van der Waals surface area contributed by atoms with Crippen LogP contribution in [0.25, 0.3) is 0 Å². The molecular weight excluding hydrogens is 162 g/mol. The highest BCUT2D eigenvalue weighted by molar-refractivity contribution is 4.97. The van der Waals surface area contributed by atoms with Gasteiger partial charge in [-0.15, -0.1) is 0 Å². The third kappa shape index (κ3) is 2.76. The first-order chi connectivity index (χ1) is 6.30. The van der Waals surface area contributed by atoms with Crippen molar-refractivity contribution in [3.8, 4) is 0 Å². The lowest BCUT2D eigenvalue weighted by atomic mass is 10.3. The molecule has 0 aliphatic rings. The van der Waals surface area contributed by atoms with Gasteiger partial charge in [0, 0.05) is 19.3 Å². The Balaban J connectivity index is 2.93. The Morgan fingerprint density at radius 2 is 1.23 bits per heavy atom. The quantitative estimate of drug-likeness (QED) is 0.709. The molecule has 13 heavy (non-hydrogen) atoms. The molecule has 0 saturated heterocycles. The first kappa shape index (κ1) is 10.1. The van der Waals surface area contributed by atoms with Gasteiger partial charge < -0.3 is 0 Å². The fourth-order valence-corrected chi connectivity index (χ4v) is 1.17. The normalized spacial score (nSPS) is 10.4. The Labute approximate surface area is 79.6 Å². The van der Waals surface area contributed by atoms with Crippen LogP contribution in [0.3, 0.4) is 0 Å². The first-order valence-electron chi connectivity index (χ1n) is 5.02. The maximum absolute atomic E-state index is 4.37. The van der Waals surface area contributed by atoms with Gasteiger partial charge in [-0.25, -0.2) is 15.0 Å². The molecule has 0 amide bonds. The van der Waals surface area contributed by atoms with Crippen LogP contribution in [0, 0.1) is 0 Å². The van der Waals surface area contributed by atoms with Gasteiger partial charge in [0.2, 0.25) is 0 Å². The summed E-state index contributed by atoms with van der Waals surface area (Å²) in [4.78, 5) is 13.1. The molecule has 0 spiro atoms. The monoisotopic (exact) mass is 179 g/mol. The highest BCUT2D eigenvalue weighted by Crippen LogP contribution is 2.00. The Bertz CT molecular complexity index is 249. The predicted molar refractivity (Wildman–Crippen MR) is 52.6 cm³/mol. The molecule has 0 radical (unpaired) electrons. The second kappa shape index (κ2) is 4.90. The number of aryl methyl sites for hydroxylation is 3. The zero-order chi connectivity index (χ0) is 9.68. The van der Waals surface area contributed by atoms with E-state index in [9.17, 15) is 0 Å². The van der Waals surface area contributed by atoms with Gasteiger partial charge in [0.05, 0.1) is 0 Å². The lowest BCUT2D eigenvalue weighted by Gasteiger charge is -2.03. The highest BCUT2D eigenvalue weighted by atomic mass is 15.0. The number of hydrogen-bond donors (Lipinski definition) is 0. The summed E-state index contributed by atoms with van der Waals surface area (Å²) in [5.74, 6) is 2.80.